The second kappa shape index (κ2) is 8.25. The molecule has 1 aromatic carbocycles. The molecule has 0 aliphatic heterocycles. The molecule has 3 N–H and O–H groups in total. The molecule has 20 heavy (non-hydrogen) atoms. The van der Waals surface area contributed by atoms with E-state index in [2.05, 4.69) is 19.2 Å². The highest BCUT2D eigenvalue weighted by atomic mass is 35.5. The summed E-state index contributed by atoms with van der Waals surface area (Å²) in [5.41, 5.74) is 6.56. The fourth-order valence-corrected chi connectivity index (χ4v) is 1.84. The quantitative estimate of drug-likeness (QED) is 0.848. The molecule has 0 aromatic heterocycles. The van der Waals surface area contributed by atoms with Crippen molar-refractivity contribution in [3.63, 3.8) is 0 Å². The van der Waals surface area contributed by atoms with Gasteiger partial charge in [-0.05, 0) is 38.1 Å². The van der Waals surface area contributed by atoms with Crippen LogP contribution in [0.2, 0.25) is 0 Å². The Morgan fingerprint density at radius 3 is 2.40 bits per heavy atom. The summed E-state index contributed by atoms with van der Waals surface area (Å²) in [4.78, 5) is 14.2. The van der Waals surface area contributed by atoms with Crippen LogP contribution in [0.4, 0.5) is 5.69 Å². The molecule has 1 amide bonds. The van der Waals surface area contributed by atoms with Crippen molar-refractivity contribution in [3.8, 4) is 0 Å². The number of likely N-dealkylation sites (N-methyl/N-ethyl adjacent to an activating group) is 1. The summed E-state index contributed by atoms with van der Waals surface area (Å²) in [5.74, 6) is 0.00141. The zero-order valence-corrected chi connectivity index (χ0v) is 13.5. The Bertz CT molecular complexity index is 409. The number of para-hydroxylation sites is 1. The van der Waals surface area contributed by atoms with E-state index in [-0.39, 0.29) is 29.8 Å². The maximum absolute atomic E-state index is 12.1. The van der Waals surface area contributed by atoms with Gasteiger partial charge in [0.1, 0.15) is 0 Å². The van der Waals surface area contributed by atoms with Gasteiger partial charge in [0.05, 0.1) is 6.04 Å². The van der Waals surface area contributed by atoms with Crippen LogP contribution in [0.15, 0.2) is 30.3 Å². The minimum Gasteiger partial charge on any atom is -0.330 e. The molecule has 4 nitrogen and oxygen atoms in total. The normalized spacial score (nSPS) is 12.7. The Balaban J connectivity index is 0.00000361. The summed E-state index contributed by atoms with van der Waals surface area (Å²) in [5, 5.41) is 2.91. The number of rotatable bonds is 6. The second-order valence-electron chi connectivity index (χ2n) is 5.81. The van der Waals surface area contributed by atoms with Crippen molar-refractivity contribution in [2.75, 3.05) is 25.5 Å². The number of halogens is 1. The maximum Gasteiger partial charge on any atom is 0.241 e. The van der Waals surface area contributed by atoms with Crippen LogP contribution >= 0.6 is 12.4 Å². The molecule has 0 radical (unpaired) electrons. The molecule has 5 heteroatoms. The molecule has 1 rings (SSSR count). The molecule has 0 spiro atoms. The fourth-order valence-electron chi connectivity index (χ4n) is 1.84. The molecule has 0 fully saturated rings. The SMILES string of the molecule is CC(C(=O)Nc1ccccc1)N(C)CC(C)(C)CN.Cl. The zero-order chi connectivity index (χ0) is 14.5. The predicted octanol–water partition coefficient (Wildman–Crippen LogP) is 2.35. The van der Waals surface area contributed by atoms with Crippen molar-refractivity contribution >= 4 is 24.0 Å². The topological polar surface area (TPSA) is 58.4 Å². The first-order valence-corrected chi connectivity index (χ1v) is 6.62. The number of carbonyl (C=O) groups is 1. The molecular weight excluding hydrogens is 274 g/mol. The fraction of sp³-hybridized carbons (Fsp3) is 0.533. The number of hydrogen-bond acceptors (Lipinski definition) is 3. The van der Waals surface area contributed by atoms with Gasteiger partial charge in [0, 0.05) is 12.2 Å². The van der Waals surface area contributed by atoms with Gasteiger partial charge in [-0.1, -0.05) is 32.0 Å². The first-order chi connectivity index (χ1) is 8.85. The highest BCUT2D eigenvalue weighted by molar-refractivity contribution is 5.94. The Morgan fingerprint density at radius 2 is 1.90 bits per heavy atom. The van der Waals surface area contributed by atoms with E-state index in [4.69, 9.17) is 5.73 Å². The Kier molecular flexibility index (Phi) is 7.79. The molecule has 0 heterocycles. The Morgan fingerprint density at radius 1 is 1.35 bits per heavy atom. The van der Waals surface area contributed by atoms with Crippen LogP contribution in [0.5, 0.6) is 0 Å². The van der Waals surface area contributed by atoms with Gasteiger partial charge in [0.25, 0.3) is 0 Å². The van der Waals surface area contributed by atoms with E-state index in [9.17, 15) is 4.79 Å². The highest BCUT2D eigenvalue weighted by Gasteiger charge is 2.24. The summed E-state index contributed by atoms with van der Waals surface area (Å²) in [6.07, 6.45) is 0. The molecule has 1 unspecified atom stereocenters. The molecule has 0 aliphatic rings. The third-order valence-corrected chi connectivity index (χ3v) is 3.31. The molecule has 0 saturated carbocycles. The third kappa shape index (κ3) is 5.90. The summed E-state index contributed by atoms with van der Waals surface area (Å²) >= 11 is 0. The van der Waals surface area contributed by atoms with E-state index >= 15 is 0 Å². The summed E-state index contributed by atoms with van der Waals surface area (Å²) in [6, 6.07) is 9.31. The lowest BCUT2D eigenvalue weighted by atomic mass is 9.93. The van der Waals surface area contributed by atoms with Crippen molar-refractivity contribution in [1.82, 2.24) is 4.90 Å². The highest BCUT2D eigenvalue weighted by Crippen LogP contribution is 2.16. The number of nitrogens with one attached hydrogen (secondary N) is 1. The van der Waals surface area contributed by atoms with Gasteiger partial charge in [-0.3, -0.25) is 9.69 Å². The molecule has 1 aromatic rings. The van der Waals surface area contributed by atoms with E-state index in [1.165, 1.54) is 0 Å². The lowest BCUT2D eigenvalue weighted by Crippen LogP contribution is -2.45. The van der Waals surface area contributed by atoms with Crippen LogP contribution in [-0.2, 0) is 4.79 Å². The lowest BCUT2D eigenvalue weighted by molar-refractivity contribution is -0.120. The van der Waals surface area contributed by atoms with Crippen LogP contribution < -0.4 is 11.1 Å². The third-order valence-electron chi connectivity index (χ3n) is 3.31. The molecule has 0 aliphatic carbocycles. The van der Waals surface area contributed by atoms with Gasteiger partial charge in [-0.25, -0.2) is 0 Å². The standard InChI is InChI=1S/C15H25N3O.ClH/c1-12(18(4)11-15(2,3)10-16)14(19)17-13-8-6-5-7-9-13;/h5-9,12H,10-11,16H2,1-4H3,(H,17,19);1H. The first kappa shape index (κ1) is 18.9. The van der Waals surface area contributed by atoms with Gasteiger partial charge in [0.15, 0.2) is 0 Å². The van der Waals surface area contributed by atoms with Crippen LogP contribution in [0.25, 0.3) is 0 Å². The Hall–Kier alpha value is -1.10. The average molecular weight is 300 g/mol. The van der Waals surface area contributed by atoms with E-state index in [1.54, 1.807) is 0 Å². The van der Waals surface area contributed by atoms with Crippen LogP contribution in [0, 0.1) is 5.41 Å². The molecular formula is C15H26ClN3O. The largest absolute Gasteiger partial charge is 0.330 e. The Labute approximate surface area is 128 Å². The van der Waals surface area contributed by atoms with E-state index < -0.39 is 0 Å². The van der Waals surface area contributed by atoms with Crippen LogP contribution in [-0.4, -0.2) is 37.0 Å². The minimum atomic E-state index is -0.189. The number of benzene rings is 1. The molecule has 114 valence electrons. The number of nitrogens with zero attached hydrogens (tertiary/aromatic N) is 1. The zero-order valence-electron chi connectivity index (χ0n) is 12.7. The van der Waals surface area contributed by atoms with Gasteiger partial charge in [-0.15, -0.1) is 12.4 Å². The predicted molar refractivity (Wildman–Crippen MR) is 87.2 cm³/mol. The lowest BCUT2D eigenvalue weighted by Gasteiger charge is -2.32. The molecule has 0 bridgehead atoms. The molecule has 1 atom stereocenters. The minimum absolute atomic E-state index is 0. The van der Waals surface area contributed by atoms with E-state index in [1.807, 2.05) is 49.2 Å². The van der Waals surface area contributed by atoms with Gasteiger partial charge in [-0.2, -0.15) is 0 Å². The summed E-state index contributed by atoms with van der Waals surface area (Å²) in [6.45, 7) is 7.50. The number of amides is 1. The van der Waals surface area contributed by atoms with Gasteiger partial charge in [0.2, 0.25) is 5.91 Å². The number of anilines is 1. The van der Waals surface area contributed by atoms with Crippen molar-refractivity contribution in [3.05, 3.63) is 30.3 Å². The summed E-state index contributed by atoms with van der Waals surface area (Å²) in [7, 11) is 1.95. The van der Waals surface area contributed by atoms with E-state index in [0.29, 0.717) is 6.54 Å². The van der Waals surface area contributed by atoms with Crippen molar-refractivity contribution < 1.29 is 4.79 Å². The number of nitrogens with two attached hydrogens (primary N) is 1. The van der Waals surface area contributed by atoms with Gasteiger partial charge >= 0.3 is 0 Å². The first-order valence-electron chi connectivity index (χ1n) is 6.62. The van der Waals surface area contributed by atoms with Crippen LogP contribution in [0.3, 0.4) is 0 Å². The van der Waals surface area contributed by atoms with Crippen LogP contribution in [0.1, 0.15) is 20.8 Å². The van der Waals surface area contributed by atoms with E-state index in [0.717, 1.165) is 12.2 Å². The number of hydrogen-bond donors (Lipinski definition) is 2. The maximum atomic E-state index is 12.1. The monoisotopic (exact) mass is 299 g/mol. The number of carbonyl (C=O) groups excluding carboxylic acids is 1. The smallest absolute Gasteiger partial charge is 0.241 e. The summed E-state index contributed by atoms with van der Waals surface area (Å²) < 4.78 is 0. The van der Waals surface area contributed by atoms with Crippen molar-refractivity contribution in [2.24, 2.45) is 11.1 Å². The second-order valence-corrected chi connectivity index (χ2v) is 5.81. The van der Waals surface area contributed by atoms with Crippen molar-refractivity contribution in [2.45, 2.75) is 26.8 Å². The van der Waals surface area contributed by atoms with Crippen molar-refractivity contribution in [1.29, 1.82) is 0 Å². The molecule has 0 saturated heterocycles. The van der Waals surface area contributed by atoms with Gasteiger partial charge < -0.3 is 11.1 Å². The average Bonchev–Trinajstić information content (AvgIpc) is 2.38.